The largest absolute Gasteiger partial charge is 0.455 e. The Bertz CT molecular complexity index is 2890. The van der Waals surface area contributed by atoms with Crippen LogP contribution in [-0.2, 0) is 0 Å². The van der Waals surface area contributed by atoms with Gasteiger partial charge in [0.15, 0.2) is 17.5 Å². The van der Waals surface area contributed by atoms with Crippen LogP contribution in [-0.4, -0.2) is 15.0 Å². The van der Waals surface area contributed by atoms with Gasteiger partial charge in [0.2, 0.25) is 0 Å². The van der Waals surface area contributed by atoms with Crippen LogP contribution in [0.5, 0.6) is 0 Å². The van der Waals surface area contributed by atoms with E-state index in [1.165, 1.54) is 0 Å². The topological polar surface area (TPSA) is 51.8 Å². The molecule has 0 fully saturated rings. The van der Waals surface area contributed by atoms with Crippen molar-refractivity contribution < 1.29 is 4.42 Å². The highest BCUT2D eigenvalue weighted by atomic mass is 16.3. The van der Waals surface area contributed by atoms with Crippen LogP contribution in [0.3, 0.4) is 0 Å². The Balaban J connectivity index is 1.30. The molecule has 0 radical (unpaired) electrons. The second kappa shape index (κ2) is 13.8. The van der Waals surface area contributed by atoms with Crippen molar-refractivity contribution in [2.24, 2.45) is 0 Å². The number of hydrogen-bond acceptors (Lipinski definition) is 4. The molecular formula is C51H33N3O. The number of fused-ring (bicyclic) bond motifs is 3. The molecule has 55 heavy (non-hydrogen) atoms. The van der Waals surface area contributed by atoms with E-state index in [2.05, 4.69) is 127 Å². The summed E-state index contributed by atoms with van der Waals surface area (Å²) in [5, 5.41) is 1.95. The van der Waals surface area contributed by atoms with Crippen LogP contribution in [0.25, 0.3) is 101 Å². The van der Waals surface area contributed by atoms with Gasteiger partial charge in [-0.05, 0) is 63.7 Å². The number of hydrogen-bond donors (Lipinski definition) is 0. The third-order valence-corrected chi connectivity index (χ3v) is 10.1. The zero-order valence-electron chi connectivity index (χ0n) is 29.8. The minimum atomic E-state index is 0.580. The van der Waals surface area contributed by atoms with Gasteiger partial charge in [-0.2, -0.15) is 0 Å². The maximum Gasteiger partial charge on any atom is 0.164 e. The molecule has 2 heterocycles. The minimum absolute atomic E-state index is 0.580. The molecule has 4 heteroatoms. The molecule has 10 rings (SSSR count). The molecule has 0 unspecified atom stereocenters. The first-order chi connectivity index (χ1) is 27.3. The summed E-state index contributed by atoms with van der Waals surface area (Å²) in [5.74, 6) is 1.80. The molecule has 0 saturated heterocycles. The van der Waals surface area contributed by atoms with Gasteiger partial charge in [0.05, 0.1) is 0 Å². The molecule has 0 saturated carbocycles. The Labute approximate surface area is 319 Å². The van der Waals surface area contributed by atoms with Gasteiger partial charge in [-0.3, -0.25) is 0 Å². The fourth-order valence-corrected chi connectivity index (χ4v) is 7.45. The van der Waals surface area contributed by atoms with Crippen molar-refractivity contribution in [1.82, 2.24) is 15.0 Å². The molecular weight excluding hydrogens is 671 g/mol. The lowest BCUT2D eigenvalue weighted by Crippen LogP contribution is -2.00. The summed E-state index contributed by atoms with van der Waals surface area (Å²) >= 11 is 0. The summed E-state index contributed by atoms with van der Waals surface area (Å²) in [6.45, 7) is 0. The van der Waals surface area contributed by atoms with Crippen LogP contribution in [0.15, 0.2) is 205 Å². The molecule has 0 atom stereocenters. The number of aromatic nitrogens is 3. The highest BCUT2D eigenvalue weighted by Gasteiger charge is 2.23. The van der Waals surface area contributed by atoms with Crippen LogP contribution < -0.4 is 0 Å². The van der Waals surface area contributed by atoms with Gasteiger partial charge in [-0.25, -0.2) is 15.0 Å². The molecule has 0 spiro atoms. The van der Waals surface area contributed by atoms with E-state index in [9.17, 15) is 0 Å². The van der Waals surface area contributed by atoms with Crippen LogP contribution in [0, 0.1) is 0 Å². The summed E-state index contributed by atoms with van der Waals surface area (Å²) in [6.07, 6.45) is 0. The predicted octanol–water partition coefficient (Wildman–Crippen LogP) is 13.4. The molecule has 258 valence electrons. The Morgan fingerprint density at radius 3 is 1.31 bits per heavy atom. The molecule has 0 N–H and O–H groups in total. The maximum absolute atomic E-state index is 7.18. The molecule has 2 aromatic heterocycles. The smallest absolute Gasteiger partial charge is 0.164 e. The van der Waals surface area contributed by atoms with Crippen molar-refractivity contribution >= 4 is 21.9 Å². The monoisotopic (exact) mass is 703 g/mol. The Kier molecular flexibility index (Phi) is 8.12. The van der Waals surface area contributed by atoms with Crippen molar-refractivity contribution in [3.63, 3.8) is 0 Å². The Morgan fingerprint density at radius 2 is 0.727 bits per heavy atom. The molecule has 0 amide bonds. The number of furan rings is 1. The lowest BCUT2D eigenvalue weighted by Gasteiger charge is -2.12. The quantitative estimate of drug-likeness (QED) is 0.166. The van der Waals surface area contributed by atoms with Gasteiger partial charge in [-0.15, -0.1) is 0 Å². The normalized spacial score (nSPS) is 11.3. The third-order valence-electron chi connectivity index (χ3n) is 10.1. The fraction of sp³-hybridized carbons (Fsp3) is 0. The molecule has 0 aliphatic heterocycles. The van der Waals surface area contributed by atoms with Crippen molar-refractivity contribution in [1.29, 1.82) is 0 Å². The summed E-state index contributed by atoms with van der Waals surface area (Å²) in [7, 11) is 0. The second-order valence-corrected chi connectivity index (χ2v) is 13.6. The lowest BCUT2D eigenvalue weighted by atomic mass is 9.93. The van der Waals surface area contributed by atoms with Gasteiger partial charge in [0, 0.05) is 38.6 Å². The van der Waals surface area contributed by atoms with E-state index in [0.717, 1.165) is 83.1 Å². The van der Waals surface area contributed by atoms with E-state index in [-0.39, 0.29) is 0 Å². The first-order valence-electron chi connectivity index (χ1n) is 18.4. The van der Waals surface area contributed by atoms with E-state index in [1.54, 1.807) is 0 Å². The molecule has 10 aromatic rings. The summed E-state index contributed by atoms with van der Waals surface area (Å²) in [6, 6.07) is 69.2. The van der Waals surface area contributed by atoms with Crippen LogP contribution in [0.1, 0.15) is 0 Å². The van der Waals surface area contributed by atoms with Gasteiger partial charge >= 0.3 is 0 Å². The van der Waals surface area contributed by atoms with E-state index in [1.807, 2.05) is 72.8 Å². The van der Waals surface area contributed by atoms with Gasteiger partial charge in [-0.1, -0.05) is 170 Å². The van der Waals surface area contributed by atoms with E-state index in [4.69, 9.17) is 19.4 Å². The van der Waals surface area contributed by atoms with E-state index >= 15 is 0 Å². The zero-order valence-corrected chi connectivity index (χ0v) is 29.8. The lowest BCUT2D eigenvalue weighted by molar-refractivity contribution is 0.671. The Hall–Kier alpha value is -7.43. The summed E-state index contributed by atoms with van der Waals surface area (Å²) in [5.41, 5.74) is 13.0. The summed E-state index contributed by atoms with van der Waals surface area (Å²) in [4.78, 5) is 15.4. The minimum Gasteiger partial charge on any atom is -0.455 e. The SMILES string of the molecule is c1ccc(-c2cccc(-c3ccc(-c4nc(-c5ccccc5)nc(-c5ccccc5)n4)c4c3oc3c(-c5ccccc5)cc(-c5ccccc5)cc34)c2)cc1. The molecule has 4 nitrogen and oxygen atoms in total. The average Bonchev–Trinajstić information content (AvgIpc) is 3.67. The van der Waals surface area contributed by atoms with E-state index < -0.39 is 0 Å². The highest BCUT2D eigenvalue weighted by molar-refractivity contribution is 6.19. The molecule has 0 bridgehead atoms. The average molecular weight is 704 g/mol. The second-order valence-electron chi connectivity index (χ2n) is 13.6. The third kappa shape index (κ3) is 6.06. The standard InChI is InChI=1S/C51H33N3O/c1-6-17-34(18-7-1)39-27-16-28-40(31-39)42-29-30-43(51-53-49(37-23-12-4-13-24-37)52-50(54-51)38-25-14-5-15-26-38)46-45-33-41(35-19-8-2-9-20-35)32-44(47(45)55-48(42)46)36-21-10-3-11-22-36/h1-33H. The number of rotatable bonds is 7. The number of benzene rings is 8. The van der Waals surface area contributed by atoms with Crippen molar-refractivity contribution in [2.75, 3.05) is 0 Å². The van der Waals surface area contributed by atoms with E-state index in [0.29, 0.717) is 17.5 Å². The van der Waals surface area contributed by atoms with Crippen molar-refractivity contribution in [3.8, 4) is 78.7 Å². The Morgan fingerprint density at radius 1 is 0.273 bits per heavy atom. The summed E-state index contributed by atoms with van der Waals surface area (Å²) < 4.78 is 7.18. The van der Waals surface area contributed by atoms with Crippen LogP contribution in [0.2, 0.25) is 0 Å². The molecule has 8 aromatic carbocycles. The van der Waals surface area contributed by atoms with Crippen LogP contribution >= 0.6 is 0 Å². The molecule has 0 aliphatic rings. The zero-order chi connectivity index (χ0) is 36.6. The van der Waals surface area contributed by atoms with Crippen LogP contribution in [0.4, 0.5) is 0 Å². The number of nitrogens with zero attached hydrogens (tertiary/aromatic N) is 3. The van der Waals surface area contributed by atoms with Crippen molar-refractivity contribution in [2.45, 2.75) is 0 Å². The highest BCUT2D eigenvalue weighted by Crippen LogP contribution is 2.46. The maximum atomic E-state index is 7.18. The van der Waals surface area contributed by atoms with Crippen molar-refractivity contribution in [3.05, 3.63) is 200 Å². The van der Waals surface area contributed by atoms with Gasteiger partial charge in [0.25, 0.3) is 0 Å². The predicted molar refractivity (Wildman–Crippen MR) is 225 cm³/mol. The molecule has 0 aliphatic carbocycles. The fourth-order valence-electron chi connectivity index (χ4n) is 7.45. The van der Waals surface area contributed by atoms with Gasteiger partial charge in [0.1, 0.15) is 11.2 Å². The van der Waals surface area contributed by atoms with Gasteiger partial charge < -0.3 is 4.42 Å². The first kappa shape index (κ1) is 32.2. The first-order valence-corrected chi connectivity index (χ1v) is 18.4.